The van der Waals surface area contributed by atoms with Gasteiger partial charge in [0.25, 0.3) is 0 Å². The normalized spacial score (nSPS) is 12.4. The number of aliphatic hydroxyl groups is 1. The Balaban J connectivity index is 1.87. The summed E-state index contributed by atoms with van der Waals surface area (Å²) in [7, 11) is 0. The fraction of sp³-hybridized carbons (Fsp3) is 0.143. The maximum Gasteiger partial charge on any atom is 0.240 e. The zero-order valence-electron chi connectivity index (χ0n) is 15.9. The molecule has 6 N–H and O–H groups in total. The van der Waals surface area contributed by atoms with E-state index in [0.717, 1.165) is 27.9 Å². The molecule has 0 aliphatic rings. The number of benzene rings is 2. The Kier molecular flexibility index (Phi) is 4.77. The van der Waals surface area contributed by atoms with E-state index in [1.54, 1.807) is 12.1 Å². The molecule has 0 saturated heterocycles. The standard InChI is InChI=1S/C21H21FN6O/c1-2-14-18(12-7-9-13(22)10-8-12)17(11-23)28(27-14)21(29)19(24)20-25-15-5-3-4-6-16(15)26-20/h3-10,29H,2,11,23-24H2,1H3,(H,25,26)/b21-19+. The molecule has 148 valence electrons. The van der Waals surface area contributed by atoms with E-state index in [0.29, 0.717) is 17.9 Å². The monoisotopic (exact) mass is 392 g/mol. The molecule has 0 unspecified atom stereocenters. The van der Waals surface area contributed by atoms with Crippen molar-refractivity contribution in [1.82, 2.24) is 19.7 Å². The average molecular weight is 392 g/mol. The molecular weight excluding hydrogens is 371 g/mol. The summed E-state index contributed by atoms with van der Waals surface area (Å²) < 4.78 is 14.7. The van der Waals surface area contributed by atoms with E-state index in [-0.39, 0.29) is 23.9 Å². The third kappa shape index (κ3) is 3.23. The Labute approximate surface area is 166 Å². The van der Waals surface area contributed by atoms with E-state index in [1.807, 2.05) is 31.2 Å². The van der Waals surface area contributed by atoms with Crippen molar-refractivity contribution in [2.24, 2.45) is 11.5 Å². The highest BCUT2D eigenvalue weighted by Crippen LogP contribution is 2.30. The first-order valence-electron chi connectivity index (χ1n) is 9.24. The van der Waals surface area contributed by atoms with Crippen molar-refractivity contribution in [3.8, 4) is 11.1 Å². The maximum atomic E-state index is 13.4. The first-order valence-corrected chi connectivity index (χ1v) is 9.24. The first kappa shape index (κ1) is 18.7. The van der Waals surface area contributed by atoms with Crippen LogP contribution >= 0.6 is 0 Å². The Morgan fingerprint density at radius 3 is 2.55 bits per heavy atom. The minimum Gasteiger partial charge on any atom is -0.492 e. The second-order valence-electron chi connectivity index (χ2n) is 6.58. The molecule has 0 fully saturated rings. The molecule has 0 spiro atoms. The van der Waals surface area contributed by atoms with Gasteiger partial charge in [-0.1, -0.05) is 31.2 Å². The van der Waals surface area contributed by atoms with Crippen LogP contribution in [0.5, 0.6) is 0 Å². The molecule has 7 nitrogen and oxygen atoms in total. The van der Waals surface area contributed by atoms with Gasteiger partial charge in [0.2, 0.25) is 5.88 Å². The lowest BCUT2D eigenvalue weighted by Crippen LogP contribution is -2.13. The van der Waals surface area contributed by atoms with Crippen LogP contribution in [0, 0.1) is 5.82 Å². The lowest BCUT2D eigenvalue weighted by molar-refractivity contribution is 0.452. The number of aromatic amines is 1. The summed E-state index contributed by atoms with van der Waals surface area (Å²) in [5.41, 5.74) is 16.6. The SMILES string of the molecule is CCc1nn(/C(O)=C(\N)c2nc3ccccc3[nH]2)c(CN)c1-c1ccc(F)cc1. The van der Waals surface area contributed by atoms with Gasteiger partial charge in [-0.15, -0.1) is 0 Å². The van der Waals surface area contributed by atoms with Crippen LogP contribution in [0.25, 0.3) is 33.7 Å². The van der Waals surface area contributed by atoms with Gasteiger partial charge in [-0.3, -0.25) is 0 Å². The van der Waals surface area contributed by atoms with E-state index in [4.69, 9.17) is 11.5 Å². The molecule has 4 aromatic rings. The number of hydrogen-bond donors (Lipinski definition) is 4. The van der Waals surface area contributed by atoms with Crippen LogP contribution in [0.15, 0.2) is 48.5 Å². The minimum atomic E-state index is -0.328. The van der Waals surface area contributed by atoms with Crippen molar-refractivity contribution in [3.05, 3.63) is 71.6 Å². The second-order valence-corrected chi connectivity index (χ2v) is 6.58. The fourth-order valence-corrected chi connectivity index (χ4v) is 3.36. The molecule has 2 heterocycles. The van der Waals surface area contributed by atoms with Crippen LogP contribution in [0.2, 0.25) is 0 Å². The van der Waals surface area contributed by atoms with Crippen molar-refractivity contribution in [2.45, 2.75) is 19.9 Å². The van der Waals surface area contributed by atoms with Gasteiger partial charge >= 0.3 is 0 Å². The van der Waals surface area contributed by atoms with Gasteiger partial charge in [0.1, 0.15) is 11.5 Å². The number of rotatable bonds is 5. The van der Waals surface area contributed by atoms with E-state index in [1.165, 1.54) is 16.8 Å². The molecular formula is C21H21FN6O. The minimum absolute atomic E-state index is 0.0479. The van der Waals surface area contributed by atoms with Crippen LogP contribution < -0.4 is 11.5 Å². The molecule has 8 heteroatoms. The third-order valence-electron chi connectivity index (χ3n) is 4.80. The Morgan fingerprint density at radius 1 is 1.17 bits per heavy atom. The number of aryl methyl sites for hydroxylation is 1. The van der Waals surface area contributed by atoms with Crippen LogP contribution in [0.3, 0.4) is 0 Å². The highest BCUT2D eigenvalue weighted by molar-refractivity contribution is 5.82. The summed E-state index contributed by atoms with van der Waals surface area (Å²) in [6, 6.07) is 13.6. The topological polar surface area (TPSA) is 119 Å². The Morgan fingerprint density at radius 2 is 1.90 bits per heavy atom. The summed E-state index contributed by atoms with van der Waals surface area (Å²) in [6.07, 6.45) is 0.602. The molecule has 2 aromatic heterocycles. The van der Waals surface area contributed by atoms with E-state index in [9.17, 15) is 9.50 Å². The number of H-pyrrole nitrogens is 1. The molecule has 0 atom stereocenters. The molecule has 0 aliphatic heterocycles. The Bertz CT molecular complexity index is 1170. The quantitative estimate of drug-likeness (QED) is 0.388. The number of hydrogen-bond acceptors (Lipinski definition) is 5. The molecule has 2 aromatic carbocycles. The van der Waals surface area contributed by atoms with Crippen molar-refractivity contribution in [3.63, 3.8) is 0 Å². The van der Waals surface area contributed by atoms with Crippen LogP contribution in [0.1, 0.15) is 24.1 Å². The number of nitrogens with two attached hydrogens (primary N) is 2. The van der Waals surface area contributed by atoms with Gasteiger partial charge in [-0.05, 0) is 36.2 Å². The fourth-order valence-electron chi connectivity index (χ4n) is 3.36. The number of para-hydroxylation sites is 2. The molecule has 0 saturated carbocycles. The van der Waals surface area contributed by atoms with Gasteiger partial charge < -0.3 is 21.6 Å². The first-order chi connectivity index (χ1) is 14.0. The van der Waals surface area contributed by atoms with Crippen molar-refractivity contribution < 1.29 is 9.50 Å². The lowest BCUT2D eigenvalue weighted by Gasteiger charge is -2.09. The number of aliphatic hydroxyl groups excluding tert-OH is 1. The zero-order valence-corrected chi connectivity index (χ0v) is 15.9. The van der Waals surface area contributed by atoms with Gasteiger partial charge in [0, 0.05) is 12.1 Å². The molecule has 0 amide bonds. The predicted octanol–water partition coefficient (Wildman–Crippen LogP) is 3.39. The van der Waals surface area contributed by atoms with E-state index in [2.05, 4.69) is 15.1 Å². The summed E-state index contributed by atoms with van der Waals surface area (Å²) >= 11 is 0. The van der Waals surface area contributed by atoms with Gasteiger partial charge in [0.05, 0.1) is 22.4 Å². The van der Waals surface area contributed by atoms with E-state index < -0.39 is 0 Å². The Hall–Kier alpha value is -3.65. The van der Waals surface area contributed by atoms with Crippen molar-refractivity contribution >= 4 is 22.6 Å². The number of imidazole rings is 1. The number of fused-ring (bicyclic) bond motifs is 1. The average Bonchev–Trinajstić information content (AvgIpc) is 3.34. The summed E-state index contributed by atoms with van der Waals surface area (Å²) in [5.74, 6) is -0.263. The number of nitrogens with zero attached hydrogens (tertiary/aromatic N) is 3. The number of nitrogens with one attached hydrogen (secondary N) is 1. The summed E-state index contributed by atoms with van der Waals surface area (Å²) in [6.45, 7) is 2.06. The molecule has 29 heavy (non-hydrogen) atoms. The van der Waals surface area contributed by atoms with Crippen LogP contribution in [0.4, 0.5) is 4.39 Å². The van der Waals surface area contributed by atoms with Gasteiger partial charge in [-0.2, -0.15) is 5.10 Å². The predicted molar refractivity (Wildman–Crippen MR) is 111 cm³/mol. The van der Waals surface area contributed by atoms with Crippen molar-refractivity contribution in [2.75, 3.05) is 0 Å². The summed E-state index contributed by atoms with van der Waals surface area (Å²) in [5, 5.41) is 15.4. The number of aromatic nitrogens is 4. The lowest BCUT2D eigenvalue weighted by atomic mass is 10.0. The van der Waals surface area contributed by atoms with Crippen LogP contribution in [-0.2, 0) is 13.0 Å². The smallest absolute Gasteiger partial charge is 0.240 e. The maximum absolute atomic E-state index is 13.4. The molecule has 4 rings (SSSR count). The van der Waals surface area contributed by atoms with Gasteiger partial charge in [0.15, 0.2) is 5.82 Å². The van der Waals surface area contributed by atoms with E-state index >= 15 is 0 Å². The highest BCUT2D eigenvalue weighted by atomic mass is 19.1. The largest absolute Gasteiger partial charge is 0.492 e. The second kappa shape index (κ2) is 7.40. The summed E-state index contributed by atoms with van der Waals surface area (Å²) in [4.78, 5) is 7.51. The number of halogens is 1. The van der Waals surface area contributed by atoms with Gasteiger partial charge in [-0.25, -0.2) is 14.1 Å². The van der Waals surface area contributed by atoms with Crippen LogP contribution in [-0.4, -0.2) is 24.9 Å². The highest BCUT2D eigenvalue weighted by Gasteiger charge is 2.22. The molecule has 0 radical (unpaired) electrons. The zero-order chi connectivity index (χ0) is 20.5. The van der Waals surface area contributed by atoms with Crippen molar-refractivity contribution in [1.29, 1.82) is 0 Å². The molecule has 0 aliphatic carbocycles. The third-order valence-corrected chi connectivity index (χ3v) is 4.80. The molecule has 0 bridgehead atoms.